The number of ketones is 1. The first-order valence-electron chi connectivity index (χ1n) is 5.28. The molecule has 0 amide bonds. The summed E-state index contributed by atoms with van der Waals surface area (Å²) in [5.41, 5.74) is 2.11. The Bertz CT molecular complexity index is 374. The van der Waals surface area contributed by atoms with Gasteiger partial charge in [0.25, 0.3) is 0 Å². The van der Waals surface area contributed by atoms with Gasteiger partial charge in [-0.05, 0) is 42.9 Å². The first-order chi connectivity index (χ1) is 7.20. The molecule has 15 heavy (non-hydrogen) atoms. The van der Waals surface area contributed by atoms with Crippen LogP contribution in [0.1, 0.15) is 48.6 Å². The molecule has 0 aromatic carbocycles. The van der Waals surface area contributed by atoms with Gasteiger partial charge < -0.3 is 0 Å². The summed E-state index contributed by atoms with van der Waals surface area (Å²) >= 11 is 6.09. The fraction of sp³-hybridized carbons (Fsp3) is 0.500. The van der Waals surface area contributed by atoms with Crippen LogP contribution < -0.4 is 0 Å². The van der Waals surface area contributed by atoms with Gasteiger partial charge in [-0.1, -0.05) is 6.42 Å². The fourth-order valence-electron chi connectivity index (χ4n) is 1.93. The van der Waals surface area contributed by atoms with Crippen LogP contribution in [0, 0.1) is 0 Å². The largest absolute Gasteiger partial charge is 0.298 e. The summed E-state index contributed by atoms with van der Waals surface area (Å²) in [6, 6.07) is 1.87. The summed E-state index contributed by atoms with van der Waals surface area (Å²) in [5, 5.41) is -0.511. The highest BCUT2D eigenvalue weighted by atomic mass is 35.5. The lowest BCUT2D eigenvalue weighted by Crippen LogP contribution is -2.14. The van der Waals surface area contributed by atoms with Crippen molar-refractivity contribution in [1.82, 2.24) is 4.98 Å². The second kappa shape index (κ2) is 4.31. The van der Waals surface area contributed by atoms with E-state index in [0.717, 1.165) is 5.56 Å². The minimum atomic E-state index is -0.511. The number of carbonyl (C=O) groups excluding carboxylic acids is 1. The Morgan fingerprint density at radius 1 is 1.60 bits per heavy atom. The number of nitrogens with zero attached hydrogens (tertiary/aromatic N) is 1. The van der Waals surface area contributed by atoms with E-state index in [0.29, 0.717) is 5.92 Å². The van der Waals surface area contributed by atoms with Gasteiger partial charge in [0.05, 0.1) is 0 Å². The minimum absolute atomic E-state index is 0.00319. The molecule has 3 heteroatoms. The van der Waals surface area contributed by atoms with Crippen molar-refractivity contribution in [1.29, 1.82) is 0 Å². The van der Waals surface area contributed by atoms with Crippen LogP contribution in [0.2, 0.25) is 0 Å². The molecule has 80 valence electrons. The number of hydrogen-bond donors (Lipinski definition) is 0. The molecular formula is C12H14ClNO. The molecule has 1 aliphatic rings. The van der Waals surface area contributed by atoms with E-state index in [2.05, 4.69) is 4.98 Å². The molecule has 1 fully saturated rings. The number of Topliss-reactive ketones (excluding diaryl/α,β-unsaturated/α-hetero) is 1. The maximum atomic E-state index is 11.3. The van der Waals surface area contributed by atoms with Crippen molar-refractivity contribution in [2.45, 2.75) is 37.5 Å². The molecular weight excluding hydrogens is 210 g/mol. The van der Waals surface area contributed by atoms with Crippen LogP contribution in [0.4, 0.5) is 0 Å². The van der Waals surface area contributed by atoms with Crippen LogP contribution in [0.3, 0.4) is 0 Å². The summed E-state index contributed by atoms with van der Waals surface area (Å²) in [6.07, 6.45) is 7.22. The topological polar surface area (TPSA) is 30.0 Å². The summed E-state index contributed by atoms with van der Waals surface area (Å²) in [7, 11) is 0. The Morgan fingerprint density at radius 3 is 2.87 bits per heavy atom. The van der Waals surface area contributed by atoms with E-state index >= 15 is 0 Å². The fourth-order valence-corrected chi connectivity index (χ4v) is 2.13. The minimum Gasteiger partial charge on any atom is -0.298 e. The zero-order valence-electron chi connectivity index (χ0n) is 8.74. The number of carbonyl (C=O) groups is 1. The Labute approximate surface area is 94.7 Å². The molecule has 0 saturated heterocycles. The number of alkyl halides is 1. The third-order valence-corrected chi connectivity index (χ3v) is 3.60. The predicted molar refractivity (Wildman–Crippen MR) is 60.1 cm³/mol. The van der Waals surface area contributed by atoms with Crippen LogP contribution in [0.5, 0.6) is 0 Å². The zero-order valence-corrected chi connectivity index (χ0v) is 9.50. The van der Waals surface area contributed by atoms with Crippen LogP contribution >= 0.6 is 11.6 Å². The van der Waals surface area contributed by atoms with E-state index in [9.17, 15) is 4.79 Å². The molecule has 1 aliphatic carbocycles. The van der Waals surface area contributed by atoms with Crippen molar-refractivity contribution < 1.29 is 4.79 Å². The smallest absolute Gasteiger partial charge is 0.152 e. The molecule has 2 nitrogen and oxygen atoms in total. The summed E-state index contributed by atoms with van der Waals surface area (Å²) < 4.78 is 0. The number of hydrogen-bond acceptors (Lipinski definition) is 2. The lowest BCUT2D eigenvalue weighted by molar-refractivity contribution is -0.116. The molecule has 0 spiro atoms. The van der Waals surface area contributed by atoms with Crippen molar-refractivity contribution in [3.8, 4) is 0 Å². The molecule has 1 saturated carbocycles. The Kier molecular flexibility index (Phi) is 3.06. The highest BCUT2D eigenvalue weighted by Gasteiger charge is 2.25. The Hall–Kier alpha value is -0.890. The van der Waals surface area contributed by atoms with Gasteiger partial charge in [-0.15, -0.1) is 11.6 Å². The van der Waals surface area contributed by atoms with Crippen molar-refractivity contribution in [3.63, 3.8) is 0 Å². The van der Waals surface area contributed by atoms with Gasteiger partial charge in [0, 0.05) is 12.4 Å². The van der Waals surface area contributed by atoms with Crippen LogP contribution in [-0.2, 0) is 4.79 Å². The quantitative estimate of drug-likeness (QED) is 0.737. The molecule has 0 radical (unpaired) electrons. The third kappa shape index (κ3) is 2.05. The summed E-state index contributed by atoms with van der Waals surface area (Å²) in [6.45, 7) is 1.53. The first kappa shape index (κ1) is 10.6. The number of rotatable bonds is 3. The van der Waals surface area contributed by atoms with Crippen molar-refractivity contribution in [3.05, 3.63) is 29.6 Å². The zero-order chi connectivity index (χ0) is 10.8. The Balaban J connectivity index is 2.32. The summed E-state index contributed by atoms with van der Waals surface area (Å²) in [4.78, 5) is 15.4. The van der Waals surface area contributed by atoms with E-state index in [4.69, 9.17) is 11.6 Å². The normalized spacial score (nSPS) is 18.3. The van der Waals surface area contributed by atoms with Crippen molar-refractivity contribution in [2.75, 3.05) is 0 Å². The Morgan fingerprint density at radius 2 is 2.33 bits per heavy atom. The average molecular weight is 224 g/mol. The van der Waals surface area contributed by atoms with Gasteiger partial charge >= 0.3 is 0 Å². The van der Waals surface area contributed by atoms with Gasteiger partial charge in [-0.3, -0.25) is 9.78 Å². The van der Waals surface area contributed by atoms with Gasteiger partial charge in [0.1, 0.15) is 5.38 Å². The van der Waals surface area contributed by atoms with Gasteiger partial charge in [0.2, 0.25) is 0 Å². The number of halogens is 1. The van der Waals surface area contributed by atoms with E-state index in [1.807, 2.05) is 12.3 Å². The second-order valence-electron chi connectivity index (χ2n) is 4.11. The van der Waals surface area contributed by atoms with E-state index < -0.39 is 5.38 Å². The van der Waals surface area contributed by atoms with Gasteiger partial charge in [0.15, 0.2) is 5.78 Å². The van der Waals surface area contributed by atoms with Crippen LogP contribution in [0.25, 0.3) is 0 Å². The molecule has 0 bridgehead atoms. The molecule has 0 aliphatic heterocycles. The summed E-state index contributed by atoms with van der Waals surface area (Å²) in [5.74, 6) is 0.567. The maximum Gasteiger partial charge on any atom is 0.152 e. The first-order valence-corrected chi connectivity index (χ1v) is 5.72. The predicted octanol–water partition coefficient (Wildman–Crippen LogP) is 3.22. The monoisotopic (exact) mass is 223 g/mol. The third-order valence-electron chi connectivity index (χ3n) is 3.06. The highest BCUT2D eigenvalue weighted by Crippen LogP contribution is 2.40. The molecule has 1 heterocycles. The van der Waals surface area contributed by atoms with Crippen LogP contribution in [-0.4, -0.2) is 10.8 Å². The molecule has 1 aromatic rings. The maximum absolute atomic E-state index is 11.3. The molecule has 2 rings (SSSR count). The molecule has 1 atom stereocenters. The van der Waals surface area contributed by atoms with E-state index in [1.54, 1.807) is 6.20 Å². The molecule has 1 unspecified atom stereocenters. The molecule has 1 aromatic heterocycles. The van der Waals surface area contributed by atoms with E-state index in [-0.39, 0.29) is 5.78 Å². The van der Waals surface area contributed by atoms with Crippen molar-refractivity contribution in [2.24, 2.45) is 0 Å². The second-order valence-corrected chi connectivity index (χ2v) is 4.54. The average Bonchev–Trinajstić information content (AvgIpc) is 2.15. The number of pyridine rings is 1. The standard InChI is InChI=1S/C12H14ClNO/c1-8(15)12(13)10-5-6-14-7-11(10)9-3-2-4-9/h5-7,9,12H,2-4H2,1H3. The van der Waals surface area contributed by atoms with Crippen LogP contribution in [0.15, 0.2) is 18.5 Å². The number of aromatic nitrogens is 1. The SMILES string of the molecule is CC(=O)C(Cl)c1ccncc1C1CCC1. The lowest BCUT2D eigenvalue weighted by Gasteiger charge is -2.28. The highest BCUT2D eigenvalue weighted by molar-refractivity contribution is 6.30. The molecule has 0 N–H and O–H groups in total. The van der Waals surface area contributed by atoms with Gasteiger partial charge in [-0.25, -0.2) is 0 Å². The lowest BCUT2D eigenvalue weighted by atomic mass is 9.78. The van der Waals surface area contributed by atoms with E-state index in [1.165, 1.54) is 31.7 Å². The van der Waals surface area contributed by atoms with Crippen molar-refractivity contribution >= 4 is 17.4 Å². The van der Waals surface area contributed by atoms with Gasteiger partial charge in [-0.2, -0.15) is 0 Å².